The SMILES string of the molecule is O=C(CNCc1ccccc1Cl)NCC1CCCO1. The molecular formula is C14H19ClN2O2. The first kappa shape index (κ1) is 14.3. The first-order valence-corrected chi connectivity index (χ1v) is 6.96. The maximum Gasteiger partial charge on any atom is 0.234 e. The second kappa shape index (κ2) is 7.48. The van der Waals surface area contributed by atoms with E-state index in [4.69, 9.17) is 16.3 Å². The molecule has 1 saturated heterocycles. The summed E-state index contributed by atoms with van der Waals surface area (Å²) < 4.78 is 5.44. The fourth-order valence-corrected chi connectivity index (χ4v) is 2.25. The van der Waals surface area contributed by atoms with E-state index in [0.29, 0.717) is 13.1 Å². The highest BCUT2D eigenvalue weighted by Crippen LogP contribution is 2.14. The van der Waals surface area contributed by atoms with Gasteiger partial charge in [-0.25, -0.2) is 0 Å². The number of amides is 1. The molecule has 1 unspecified atom stereocenters. The van der Waals surface area contributed by atoms with Gasteiger partial charge in [0.2, 0.25) is 5.91 Å². The van der Waals surface area contributed by atoms with Gasteiger partial charge in [0.05, 0.1) is 12.6 Å². The molecule has 1 atom stereocenters. The Kier molecular flexibility index (Phi) is 5.63. The Labute approximate surface area is 118 Å². The van der Waals surface area contributed by atoms with Gasteiger partial charge in [-0.3, -0.25) is 4.79 Å². The zero-order valence-corrected chi connectivity index (χ0v) is 11.6. The van der Waals surface area contributed by atoms with Crippen LogP contribution in [0.2, 0.25) is 5.02 Å². The van der Waals surface area contributed by atoms with E-state index in [0.717, 1.165) is 30.0 Å². The monoisotopic (exact) mass is 282 g/mol. The molecule has 1 aromatic rings. The number of hydrogen-bond donors (Lipinski definition) is 2. The quantitative estimate of drug-likeness (QED) is 0.835. The van der Waals surface area contributed by atoms with Crippen LogP contribution in [0.1, 0.15) is 18.4 Å². The third-order valence-electron chi connectivity index (χ3n) is 3.11. The summed E-state index contributed by atoms with van der Waals surface area (Å²) in [7, 11) is 0. The number of carbonyl (C=O) groups excluding carboxylic acids is 1. The summed E-state index contributed by atoms with van der Waals surface area (Å²) in [5, 5.41) is 6.66. The highest BCUT2D eigenvalue weighted by atomic mass is 35.5. The Bertz CT molecular complexity index is 420. The van der Waals surface area contributed by atoms with Crippen LogP contribution < -0.4 is 10.6 Å². The normalized spacial score (nSPS) is 18.5. The summed E-state index contributed by atoms with van der Waals surface area (Å²) in [6.45, 7) is 2.29. The minimum atomic E-state index is -0.0115. The van der Waals surface area contributed by atoms with Gasteiger partial charge >= 0.3 is 0 Å². The molecule has 104 valence electrons. The molecule has 0 saturated carbocycles. The van der Waals surface area contributed by atoms with Crippen LogP contribution in [0.3, 0.4) is 0 Å². The average Bonchev–Trinajstić information content (AvgIpc) is 2.92. The second-order valence-electron chi connectivity index (χ2n) is 4.63. The van der Waals surface area contributed by atoms with Crippen LogP contribution in [0.4, 0.5) is 0 Å². The minimum absolute atomic E-state index is 0.0115. The van der Waals surface area contributed by atoms with Crippen LogP contribution in [0.25, 0.3) is 0 Å². The number of carbonyl (C=O) groups is 1. The number of hydrogen-bond acceptors (Lipinski definition) is 3. The van der Waals surface area contributed by atoms with Gasteiger partial charge in [-0.1, -0.05) is 29.8 Å². The maximum absolute atomic E-state index is 11.6. The number of ether oxygens (including phenoxy) is 1. The van der Waals surface area contributed by atoms with E-state index < -0.39 is 0 Å². The summed E-state index contributed by atoms with van der Waals surface area (Å²) in [6, 6.07) is 7.61. The van der Waals surface area contributed by atoms with Gasteiger partial charge in [-0.05, 0) is 24.5 Å². The average molecular weight is 283 g/mol. The van der Waals surface area contributed by atoms with E-state index in [1.165, 1.54) is 0 Å². The summed E-state index contributed by atoms with van der Waals surface area (Å²) in [4.78, 5) is 11.6. The molecule has 19 heavy (non-hydrogen) atoms. The fraction of sp³-hybridized carbons (Fsp3) is 0.500. The first-order chi connectivity index (χ1) is 9.25. The van der Waals surface area contributed by atoms with Crippen LogP contribution in [-0.2, 0) is 16.1 Å². The molecule has 1 fully saturated rings. The molecule has 1 aliphatic rings. The third kappa shape index (κ3) is 4.82. The predicted molar refractivity (Wildman–Crippen MR) is 75.1 cm³/mol. The topological polar surface area (TPSA) is 50.4 Å². The number of benzene rings is 1. The summed E-state index contributed by atoms with van der Waals surface area (Å²) >= 11 is 6.03. The fourth-order valence-electron chi connectivity index (χ4n) is 2.05. The standard InChI is InChI=1S/C14H19ClN2O2/c15-13-6-2-1-4-11(13)8-16-10-14(18)17-9-12-5-3-7-19-12/h1-2,4,6,12,16H,3,5,7-10H2,(H,17,18). The Hall–Kier alpha value is -1.10. The van der Waals surface area contributed by atoms with Crippen molar-refractivity contribution in [1.29, 1.82) is 0 Å². The van der Waals surface area contributed by atoms with Crippen molar-refractivity contribution in [2.45, 2.75) is 25.5 Å². The van der Waals surface area contributed by atoms with Gasteiger partial charge in [-0.2, -0.15) is 0 Å². The molecule has 0 aliphatic carbocycles. The summed E-state index contributed by atoms with van der Waals surface area (Å²) in [5.74, 6) is -0.0115. The maximum atomic E-state index is 11.6. The first-order valence-electron chi connectivity index (χ1n) is 6.58. The minimum Gasteiger partial charge on any atom is -0.376 e. The third-order valence-corrected chi connectivity index (χ3v) is 3.48. The highest BCUT2D eigenvalue weighted by Gasteiger charge is 2.15. The van der Waals surface area contributed by atoms with Crippen molar-refractivity contribution in [2.75, 3.05) is 19.7 Å². The molecule has 1 amide bonds. The zero-order chi connectivity index (χ0) is 13.5. The van der Waals surface area contributed by atoms with Crippen molar-refractivity contribution in [3.8, 4) is 0 Å². The van der Waals surface area contributed by atoms with E-state index in [2.05, 4.69) is 10.6 Å². The predicted octanol–water partition coefficient (Wildman–Crippen LogP) is 1.72. The van der Waals surface area contributed by atoms with Crippen molar-refractivity contribution >= 4 is 17.5 Å². The molecule has 1 heterocycles. The molecule has 4 nitrogen and oxygen atoms in total. The zero-order valence-electron chi connectivity index (χ0n) is 10.8. The molecule has 2 rings (SSSR count). The lowest BCUT2D eigenvalue weighted by Gasteiger charge is -2.11. The van der Waals surface area contributed by atoms with Crippen LogP contribution in [0.5, 0.6) is 0 Å². The molecular weight excluding hydrogens is 264 g/mol. The van der Waals surface area contributed by atoms with E-state index in [9.17, 15) is 4.79 Å². The molecule has 1 aromatic carbocycles. The molecule has 0 radical (unpaired) electrons. The van der Waals surface area contributed by atoms with E-state index in [1.54, 1.807) is 0 Å². The van der Waals surface area contributed by atoms with Crippen molar-refractivity contribution in [3.05, 3.63) is 34.9 Å². The Morgan fingerprint density at radius 2 is 2.26 bits per heavy atom. The van der Waals surface area contributed by atoms with Crippen molar-refractivity contribution < 1.29 is 9.53 Å². The van der Waals surface area contributed by atoms with Crippen LogP contribution in [-0.4, -0.2) is 31.7 Å². The number of nitrogens with one attached hydrogen (secondary N) is 2. The van der Waals surface area contributed by atoms with Crippen LogP contribution >= 0.6 is 11.6 Å². The Morgan fingerprint density at radius 1 is 1.42 bits per heavy atom. The largest absolute Gasteiger partial charge is 0.376 e. The van der Waals surface area contributed by atoms with Gasteiger partial charge in [0, 0.05) is 24.7 Å². The van der Waals surface area contributed by atoms with Crippen LogP contribution in [0, 0.1) is 0 Å². The van der Waals surface area contributed by atoms with Gasteiger partial charge in [0.25, 0.3) is 0 Å². The Morgan fingerprint density at radius 3 is 3.00 bits per heavy atom. The lowest BCUT2D eigenvalue weighted by Crippen LogP contribution is -2.37. The lowest BCUT2D eigenvalue weighted by molar-refractivity contribution is -0.120. The molecule has 2 N–H and O–H groups in total. The van der Waals surface area contributed by atoms with Gasteiger partial charge in [0.15, 0.2) is 0 Å². The van der Waals surface area contributed by atoms with E-state index in [1.807, 2.05) is 24.3 Å². The van der Waals surface area contributed by atoms with Crippen molar-refractivity contribution in [2.24, 2.45) is 0 Å². The van der Waals surface area contributed by atoms with Gasteiger partial charge in [-0.15, -0.1) is 0 Å². The van der Waals surface area contributed by atoms with Crippen molar-refractivity contribution in [1.82, 2.24) is 10.6 Å². The van der Waals surface area contributed by atoms with E-state index >= 15 is 0 Å². The molecule has 5 heteroatoms. The molecule has 1 aliphatic heterocycles. The number of rotatable bonds is 6. The molecule has 0 aromatic heterocycles. The lowest BCUT2D eigenvalue weighted by atomic mass is 10.2. The highest BCUT2D eigenvalue weighted by molar-refractivity contribution is 6.31. The summed E-state index contributed by atoms with van der Waals surface area (Å²) in [5.41, 5.74) is 0.996. The smallest absolute Gasteiger partial charge is 0.234 e. The second-order valence-corrected chi connectivity index (χ2v) is 5.04. The van der Waals surface area contributed by atoms with E-state index in [-0.39, 0.29) is 18.6 Å². The Balaban J connectivity index is 1.62. The van der Waals surface area contributed by atoms with Gasteiger partial charge < -0.3 is 15.4 Å². The number of halogens is 1. The molecule has 0 bridgehead atoms. The van der Waals surface area contributed by atoms with Crippen molar-refractivity contribution in [3.63, 3.8) is 0 Å². The molecule has 0 spiro atoms. The van der Waals surface area contributed by atoms with Crippen LogP contribution in [0.15, 0.2) is 24.3 Å². The van der Waals surface area contributed by atoms with Gasteiger partial charge in [0.1, 0.15) is 0 Å². The summed E-state index contributed by atoms with van der Waals surface area (Å²) in [6.07, 6.45) is 2.31.